The Bertz CT molecular complexity index is 658. The molecule has 0 spiro atoms. The Balaban J connectivity index is 0.00000242. The van der Waals surface area contributed by atoms with E-state index in [-0.39, 0.29) is 28.2 Å². The minimum atomic E-state index is -0.301. The van der Waals surface area contributed by atoms with Crippen molar-refractivity contribution in [3.05, 3.63) is 47.5 Å². The molecule has 0 fully saturated rings. The Morgan fingerprint density at radius 1 is 1.14 bits per heavy atom. The molecule has 0 aliphatic rings. The third-order valence-corrected chi connectivity index (χ3v) is 3.75. The number of nitrogens with zero attached hydrogens (tertiary/aromatic N) is 2. The molecule has 1 heterocycles. The summed E-state index contributed by atoms with van der Waals surface area (Å²) in [5.41, 5.74) is 4.67. The van der Waals surface area contributed by atoms with Gasteiger partial charge in [-0.05, 0) is 31.9 Å². The van der Waals surface area contributed by atoms with Crippen LogP contribution in [-0.2, 0) is 11.3 Å². The Labute approximate surface area is 143 Å². The first-order chi connectivity index (χ1) is 9.68. The lowest BCUT2D eigenvalue weighted by molar-refractivity contribution is -0.684. The Hall–Kier alpha value is -1.42. The molecule has 0 radical (unpaired) electrons. The van der Waals surface area contributed by atoms with Gasteiger partial charge in [0, 0.05) is 5.41 Å². The first-order valence-electron chi connectivity index (χ1n) is 7.37. The van der Waals surface area contributed by atoms with E-state index in [0.29, 0.717) is 6.54 Å². The Morgan fingerprint density at radius 2 is 1.68 bits per heavy atom. The molecule has 3 nitrogen and oxygen atoms in total. The topological polar surface area (TPSA) is 25.9 Å². The molecule has 0 saturated carbocycles. The smallest absolute Gasteiger partial charge is 0.249 e. The summed E-state index contributed by atoms with van der Waals surface area (Å²) in [4.78, 5) is 12.1. The van der Waals surface area contributed by atoms with Crippen LogP contribution in [0.2, 0.25) is 0 Å². The van der Waals surface area contributed by atoms with Crippen molar-refractivity contribution >= 4 is 5.78 Å². The van der Waals surface area contributed by atoms with Gasteiger partial charge in [-0.2, -0.15) is 0 Å². The maximum absolute atomic E-state index is 12.1. The molecule has 4 heteroatoms. The molecule has 0 saturated heterocycles. The quantitative estimate of drug-likeness (QED) is 0.719. The standard InChI is InChI=1S/C18H25N2O.BrH/c1-13-9-14(2)17(15(3)10-13)20-8-7-19(12-20)11-16(21)18(4,5)6;/h7-10,12H,11H2,1-6H3;1H/q+1;/p-1. The van der Waals surface area contributed by atoms with Crippen LogP contribution in [0, 0.1) is 26.2 Å². The van der Waals surface area contributed by atoms with Gasteiger partial charge in [-0.3, -0.25) is 4.79 Å². The van der Waals surface area contributed by atoms with E-state index in [1.54, 1.807) is 0 Å². The summed E-state index contributed by atoms with van der Waals surface area (Å²) in [6, 6.07) is 4.37. The fourth-order valence-corrected chi connectivity index (χ4v) is 2.60. The number of halogens is 1. The highest BCUT2D eigenvalue weighted by Crippen LogP contribution is 2.20. The SMILES string of the molecule is Cc1cc(C)c(-n2cc[n+](CC(=O)C(C)(C)C)c2)c(C)c1.[Br-]. The lowest BCUT2D eigenvalue weighted by Crippen LogP contribution is -3.00. The van der Waals surface area contributed by atoms with Gasteiger partial charge in [-0.25, -0.2) is 9.13 Å². The highest BCUT2D eigenvalue weighted by Gasteiger charge is 2.24. The predicted octanol–water partition coefficient (Wildman–Crippen LogP) is 0.309. The zero-order valence-electron chi connectivity index (χ0n) is 14.3. The Kier molecular flexibility index (Phi) is 5.74. The van der Waals surface area contributed by atoms with Crippen LogP contribution in [0.25, 0.3) is 5.69 Å². The minimum Gasteiger partial charge on any atom is -1.00 e. The molecule has 0 atom stereocenters. The molecule has 2 rings (SSSR count). The summed E-state index contributed by atoms with van der Waals surface area (Å²) in [6.45, 7) is 12.7. The molecular weight excluding hydrogens is 340 g/mol. The van der Waals surface area contributed by atoms with Crippen molar-refractivity contribution in [3.63, 3.8) is 0 Å². The van der Waals surface area contributed by atoms with Crippen LogP contribution in [0.3, 0.4) is 0 Å². The van der Waals surface area contributed by atoms with Gasteiger partial charge in [0.05, 0.1) is 0 Å². The Morgan fingerprint density at radius 3 is 2.18 bits per heavy atom. The van der Waals surface area contributed by atoms with Crippen molar-refractivity contribution in [2.24, 2.45) is 5.41 Å². The molecular formula is C18H25BrN2O. The number of rotatable bonds is 3. The average Bonchev–Trinajstić information content (AvgIpc) is 2.74. The van der Waals surface area contributed by atoms with Gasteiger partial charge in [0.15, 0.2) is 5.78 Å². The normalized spacial score (nSPS) is 11.2. The number of benzene rings is 1. The maximum Gasteiger partial charge on any atom is 0.249 e. The largest absolute Gasteiger partial charge is 1.00 e. The van der Waals surface area contributed by atoms with Crippen LogP contribution >= 0.6 is 0 Å². The summed E-state index contributed by atoms with van der Waals surface area (Å²) in [7, 11) is 0. The van der Waals surface area contributed by atoms with Gasteiger partial charge in [-0.15, -0.1) is 0 Å². The minimum absolute atomic E-state index is 0. The van der Waals surface area contributed by atoms with Gasteiger partial charge >= 0.3 is 0 Å². The number of carbonyl (C=O) groups excluding carboxylic acids is 1. The summed E-state index contributed by atoms with van der Waals surface area (Å²) in [5, 5.41) is 0. The lowest BCUT2D eigenvalue weighted by Gasteiger charge is -2.14. The summed E-state index contributed by atoms with van der Waals surface area (Å²) in [6.07, 6.45) is 5.97. The van der Waals surface area contributed by atoms with E-state index in [2.05, 4.69) is 37.5 Å². The van der Waals surface area contributed by atoms with Crippen molar-refractivity contribution in [1.82, 2.24) is 4.57 Å². The fraction of sp³-hybridized carbons (Fsp3) is 0.444. The molecule has 2 aromatic rings. The third kappa shape index (κ3) is 4.07. The van der Waals surface area contributed by atoms with E-state index < -0.39 is 0 Å². The summed E-state index contributed by atoms with van der Waals surface area (Å²) in [5.74, 6) is 0.239. The number of carbonyl (C=O) groups is 1. The van der Waals surface area contributed by atoms with Crippen LogP contribution in [0.15, 0.2) is 30.9 Å². The molecule has 22 heavy (non-hydrogen) atoms. The number of imidazole rings is 1. The monoisotopic (exact) mass is 364 g/mol. The van der Waals surface area contributed by atoms with Gasteiger partial charge in [0.1, 0.15) is 24.6 Å². The molecule has 120 valence electrons. The average molecular weight is 365 g/mol. The van der Waals surface area contributed by atoms with Crippen molar-refractivity contribution < 1.29 is 26.3 Å². The zero-order valence-corrected chi connectivity index (χ0v) is 15.9. The number of aromatic nitrogens is 2. The first kappa shape index (κ1) is 18.6. The number of hydrogen-bond donors (Lipinski definition) is 0. The molecule has 0 bridgehead atoms. The predicted molar refractivity (Wildman–Crippen MR) is 84.6 cm³/mol. The molecule has 1 aromatic carbocycles. The second kappa shape index (κ2) is 6.78. The number of Topliss-reactive ketones (excluding diaryl/α,β-unsaturated/α-hetero) is 1. The molecule has 0 amide bonds. The molecule has 0 aliphatic carbocycles. The van der Waals surface area contributed by atoms with Crippen molar-refractivity contribution in [3.8, 4) is 5.69 Å². The van der Waals surface area contributed by atoms with E-state index >= 15 is 0 Å². The van der Waals surface area contributed by atoms with Gasteiger partial charge < -0.3 is 17.0 Å². The molecule has 1 aromatic heterocycles. The molecule has 0 unspecified atom stereocenters. The van der Waals surface area contributed by atoms with Gasteiger partial charge in [0.25, 0.3) is 0 Å². The van der Waals surface area contributed by atoms with E-state index in [1.807, 2.05) is 44.1 Å². The fourth-order valence-electron chi connectivity index (χ4n) is 2.60. The zero-order chi connectivity index (χ0) is 15.8. The highest BCUT2D eigenvalue weighted by molar-refractivity contribution is 5.82. The number of hydrogen-bond acceptors (Lipinski definition) is 1. The molecule has 0 N–H and O–H groups in total. The highest BCUT2D eigenvalue weighted by atomic mass is 79.9. The van der Waals surface area contributed by atoms with E-state index in [4.69, 9.17) is 0 Å². The van der Waals surface area contributed by atoms with Crippen LogP contribution < -0.4 is 21.5 Å². The second-order valence-electron chi connectivity index (χ2n) is 6.91. The van der Waals surface area contributed by atoms with Crippen LogP contribution in [0.4, 0.5) is 0 Å². The maximum atomic E-state index is 12.1. The summed E-state index contributed by atoms with van der Waals surface area (Å²) < 4.78 is 4.05. The van der Waals surface area contributed by atoms with E-state index in [9.17, 15) is 4.79 Å². The second-order valence-corrected chi connectivity index (χ2v) is 6.91. The van der Waals surface area contributed by atoms with Crippen LogP contribution in [0.5, 0.6) is 0 Å². The summed E-state index contributed by atoms with van der Waals surface area (Å²) >= 11 is 0. The lowest BCUT2D eigenvalue weighted by atomic mass is 9.91. The number of aryl methyl sites for hydroxylation is 3. The van der Waals surface area contributed by atoms with Gasteiger partial charge in [0.2, 0.25) is 6.33 Å². The van der Waals surface area contributed by atoms with E-state index in [1.165, 1.54) is 22.4 Å². The van der Waals surface area contributed by atoms with Crippen molar-refractivity contribution in [2.75, 3.05) is 0 Å². The van der Waals surface area contributed by atoms with Crippen molar-refractivity contribution in [1.29, 1.82) is 0 Å². The van der Waals surface area contributed by atoms with Crippen LogP contribution in [0.1, 0.15) is 37.5 Å². The third-order valence-electron chi connectivity index (χ3n) is 3.75. The van der Waals surface area contributed by atoms with Gasteiger partial charge in [-0.1, -0.05) is 38.5 Å². The molecule has 0 aliphatic heterocycles. The van der Waals surface area contributed by atoms with E-state index in [0.717, 1.165) is 0 Å². The van der Waals surface area contributed by atoms with Crippen LogP contribution in [-0.4, -0.2) is 10.4 Å². The van der Waals surface area contributed by atoms with Crippen molar-refractivity contribution in [2.45, 2.75) is 48.1 Å². The number of ketones is 1. The first-order valence-corrected chi connectivity index (χ1v) is 7.37.